The largest absolute Gasteiger partial charge is 0.452 e. The molecule has 0 saturated heterocycles. The van der Waals surface area contributed by atoms with E-state index in [4.69, 9.17) is 9.40 Å². The Bertz CT molecular complexity index is 961. The number of pyridine rings is 1. The third-order valence-electron chi connectivity index (χ3n) is 4.35. The highest BCUT2D eigenvalue weighted by atomic mass is 16.3. The molecule has 4 aromatic rings. The van der Waals surface area contributed by atoms with Gasteiger partial charge in [0.2, 0.25) is 0 Å². The predicted molar refractivity (Wildman–Crippen MR) is 86.8 cm³/mol. The van der Waals surface area contributed by atoms with Crippen LogP contribution >= 0.6 is 0 Å². The average Bonchev–Trinajstić information content (AvgIpc) is 3.01. The highest BCUT2D eigenvalue weighted by molar-refractivity contribution is 6.13. The van der Waals surface area contributed by atoms with Gasteiger partial charge in [-0.2, -0.15) is 0 Å². The molecule has 0 fully saturated rings. The van der Waals surface area contributed by atoms with E-state index in [1.165, 1.54) is 5.56 Å². The minimum atomic E-state index is 0.464. The Labute approximate surface area is 123 Å². The van der Waals surface area contributed by atoms with Gasteiger partial charge in [0.1, 0.15) is 11.0 Å². The first-order valence-corrected chi connectivity index (χ1v) is 7.49. The van der Waals surface area contributed by atoms with E-state index in [1.807, 2.05) is 6.07 Å². The number of nitrogens with one attached hydrogen (secondary N) is 1. The molecule has 106 valence electrons. The van der Waals surface area contributed by atoms with E-state index in [0.29, 0.717) is 5.92 Å². The summed E-state index contributed by atoms with van der Waals surface area (Å²) in [5, 5.41) is 1.12. The molecule has 0 bridgehead atoms. The van der Waals surface area contributed by atoms with Crippen molar-refractivity contribution in [3.8, 4) is 0 Å². The van der Waals surface area contributed by atoms with Crippen LogP contribution in [-0.2, 0) is 0 Å². The molecule has 0 aliphatic rings. The number of benzene rings is 1. The zero-order valence-corrected chi connectivity index (χ0v) is 12.5. The SMILES string of the molecule is CCC(C)c1ccc2oc3c4ccc(C)cc4[nH]c3c2n1. The van der Waals surface area contributed by atoms with Crippen LogP contribution in [0.4, 0.5) is 0 Å². The lowest BCUT2D eigenvalue weighted by molar-refractivity contribution is 0.668. The van der Waals surface area contributed by atoms with Gasteiger partial charge in [-0.15, -0.1) is 0 Å². The van der Waals surface area contributed by atoms with Crippen LogP contribution in [0, 0.1) is 6.92 Å². The van der Waals surface area contributed by atoms with Crippen LogP contribution in [0.2, 0.25) is 0 Å². The van der Waals surface area contributed by atoms with Crippen molar-refractivity contribution in [2.24, 2.45) is 0 Å². The first kappa shape index (κ1) is 12.5. The molecular formula is C18H18N2O. The van der Waals surface area contributed by atoms with Crippen molar-refractivity contribution in [1.29, 1.82) is 0 Å². The summed E-state index contributed by atoms with van der Waals surface area (Å²) in [5.41, 5.74) is 7.19. The molecule has 0 saturated carbocycles. The van der Waals surface area contributed by atoms with Crippen molar-refractivity contribution < 1.29 is 4.42 Å². The second kappa shape index (κ2) is 4.35. The number of H-pyrrole nitrogens is 1. The van der Waals surface area contributed by atoms with Gasteiger partial charge in [-0.1, -0.05) is 19.9 Å². The molecule has 1 aromatic carbocycles. The fraction of sp³-hybridized carbons (Fsp3) is 0.278. The maximum Gasteiger partial charge on any atom is 0.162 e. The normalized spacial score (nSPS) is 13.5. The van der Waals surface area contributed by atoms with Crippen molar-refractivity contribution in [1.82, 2.24) is 9.97 Å². The van der Waals surface area contributed by atoms with Gasteiger partial charge in [0, 0.05) is 11.1 Å². The minimum Gasteiger partial charge on any atom is -0.452 e. The predicted octanol–water partition coefficient (Wildman–Crippen LogP) is 5.28. The molecule has 0 spiro atoms. The molecule has 1 N–H and O–H groups in total. The first-order valence-electron chi connectivity index (χ1n) is 7.49. The summed E-state index contributed by atoms with van der Waals surface area (Å²) in [7, 11) is 0. The van der Waals surface area contributed by atoms with Crippen LogP contribution in [-0.4, -0.2) is 9.97 Å². The molecule has 3 heteroatoms. The number of furan rings is 1. The fourth-order valence-electron chi connectivity index (χ4n) is 2.87. The van der Waals surface area contributed by atoms with Crippen molar-refractivity contribution in [2.75, 3.05) is 0 Å². The molecule has 4 rings (SSSR count). The van der Waals surface area contributed by atoms with Crippen LogP contribution < -0.4 is 0 Å². The number of rotatable bonds is 2. The summed E-state index contributed by atoms with van der Waals surface area (Å²) in [4.78, 5) is 8.30. The zero-order chi connectivity index (χ0) is 14.6. The van der Waals surface area contributed by atoms with Crippen molar-refractivity contribution in [3.63, 3.8) is 0 Å². The Morgan fingerprint density at radius 1 is 1.24 bits per heavy atom. The summed E-state index contributed by atoms with van der Waals surface area (Å²) < 4.78 is 6.02. The van der Waals surface area contributed by atoms with Gasteiger partial charge in [0.25, 0.3) is 0 Å². The second-order valence-electron chi connectivity index (χ2n) is 5.87. The molecule has 0 aliphatic heterocycles. The molecule has 1 unspecified atom stereocenters. The lowest BCUT2D eigenvalue weighted by Crippen LogP contribution is -1.94. The molecule has 0 aliphatic carbocycles. The van der Waals surface area contributed by atoms with Gasteiger partial charge < -0.3 is 9.40 Å². The van der Waals surface area contributed by atoms with Crippen molar-refractivity contribution in [3.05, 3.63) is 41.6 Å². The highest BCUT2D eigenvalue weighted by Gasteiger charge is 2.15. The number of aromatic amines is 1. The molecule has 3 nitrogen and oxygen atoms in total. The molecule has 3 heterocycles. The number of hydrogen-bond acceptors (Lipinski definition) is 2. The summed E-state index contributed by atoms with van der Waals surface area (Å²) >= 11 is 0. The molecule has 3 aromatic heterocycles. The Morgan fingerprint density at radius 3 is 2.90 bits per heavy atom. The second-order valence-corrected chi connectivity index (χ2v) is 5.87. The quantitative estimate of drug-likeness (QED) is 0.541. The zero-order valence-electron chi connectivity index (χ0n) is 12.5. The number of hydrogen-bond donors (Lipinski definition) is 1. The van der Waals surface area contributed by atoms with Gasteiger partial charge in [0.05, 0.1) is 5.52 Å². The highest BCUT2D eigenvalue weighted by Crippen LogP contribution is 2.34. The Hall–Kier alpha value is -2.29. The topological polar surface area (TPSA) is 41.8 Å². The number of aryl methyl sites for hydroxylation is 1. The number of fused-ring (bicyclic) bond motifs is 5. The lowest BCUT2D eigenvalue weighted by atomic mass is 10.0. The summed E-state index contributed by atoms with van der Waals surface area (Å²) in [6.45, 7) is 6.49. The van der Waals surface area contributed by atoms with Gasteiger partial charge in [-0.05, 0) is 49.1 Å². The molecule has 21 heavy (non-hydrogen) atoms. The maximum atomic E-state index is 6.02. The van der Waals surface area contributed by atoms with E-state index in [0.717, 1.165) is 45.2 Å². The molecule has 0 amide bonds. The van der Waals surface area contributed by atoms with E-state index in [9.17, 15) is 0 Å². The summed E-state index contributed by atoms with van der Waals surface area (Å²) in [5.74, 6) is 0.464. The Kier molecular flexibility index (Phi) is 2.58. The number of aromatic nitrogens is 2. The molecule has 1 atom stereocenters. The van der Waals surface area contributed by atoms with E-state index in [1.54, 1.807) is 0 Å². The molecule has 0 radical (unpaired) electrons. The van der Waals surface area contributed by atoms with Gasteiger partial charge >= 0.3 is 0 Å². The van der Waals surface area contributed by atoms with Gasteiger partial charge in [-0.3, -0.25) is 0 Å². The van der Waals surface area contributed by atoms with Crippen LogP contribution in [0.3, 0.4) is 0 Å². The van der Waals surface area contributed by atoms with Gasteiger partial charge in [0.15, 0.2) is 11.2 Å². The smallest absolute Gasteiger partial charge is 0.162 e. The van der Waals surface area contributed by atoms with Gasteiger partial charge in [-0.25, -0.2) is 4.98 Å². The Balaban J connectivity index is 2.06. The fourth-order valence-corrected chi connectivity index (χ4v) is 2.87. The lowest BCUT2D eigenvalue weighted by Gasteiger charge is -2.06. The maximum absolute atomic E-state index is 6.02. The van der Waals surface area contributed by atoms with Crippen LogP contribution in [0.15, 0.2) is 34.7 Å². The third-order valence-corrected chi connectivity index (χ3v) is 4.35. The standard InChI is InChI=1S/C18H18N2O/c1-4-11(3)13-7-8-15-16(19-13)17-18(21-15)12-6-5-10(2)9-14(12)20-17/h5-9,11,20H,4H2,1-3H3. The molecular weight excluding hydrogens is 260 g/mol. The van der Waals surface area contributed by atoms with E-state index in [2.05, 4.69) is 50.0 Å². The number of nitrogens with zero attached hydrogens (tertiary/aromatic N) is 1. The minimum absolute atomic E-state index is 0.464. The van der Waals surface area contributed by atoms with Crippen molar-refractivity contribution >= 4 is 33.1 Å². The summed E-state index contributed by atoms with van der Waals surface area (Å²) in [6.07, 6.45) is 1.09. The van der Waals surface area contributed by atoms with Crippen LogP contribution in [0.25, 0.3) is 33.1 Å². The monoisotopic (exact) mass is 278 g/mol. The first-order chi connectivity index (χ1) is 10.2. The third kappa shape index (κ3) is 1.77. The van der Waals surface area contributed by atoms with Crippen LogP contribution in [0.5, 0.6) is 0 Å². The average molecular weight is 278 g/mol. The van der Waals surface area contributed by atoms with Crippen LogP contribution in [0.1, 0.15) is 37.4 Å². The van der Waals surface area contributed by atoms with Crippen molar-refractivity contribution in [2.45, 2.75) is 33.1 Å². The van der Waals surface area contributed by atoms with E-state index >= 15 is 0 Å². The summed E-state index contributed by atoms with van der Waals surface area (Å²) in [6, 6.07) is 10.5. The van der Waals surface area contributed by atoms with E-state index < -0.39 is 0 Å². The Morgan fingerprint density at radius 2 is 2.10 bits per heavy atom. The van der Waals surface area contributed by atoms with E-state index in [-0.39, 0.29) is 0 Å².